The van der Waals surface area contributed by atoms with E-state index in [0.717, 1.165) is 23.9 Å². The molecule has 2 aromatic rings. The molecule has 0 aliphatic heterocycles. The van der Waals surface area contributed by atoms with Gasteiger partial charge in [0.15, 0.2) is 0 Å². The molecule has 19 heavy (non-hydrogen) atoms. The summed E-state index contributed by atoms with van der Waals surface area (Å²) in [4.78, 5) is 4.48. The number of nitrogens with zero attached hydrogens (tertiary/aromatic N) is 2. The van der Waals surface area contributed by atoms with Crippen LogP contribution in [-0.4, -0.2) is 9.55 Å². The van der Waals surface area contributed by atoms with E-state index >= 15 is 0 Å². The first-order valence-corrected chi connectivity index (χ1v) is 6.97. The Morgan fingerprint density at radius 3 is 2.74 bits per heavy atom. The molecular formula is C14H17Cl2N3. The lowest BCUT2D eigenvalue weighted by Gasteiger charge is -2.12. The van der Waals surface area contributed by atoms with Crippen LogP contribution in [0.15, 0.2) is 24.4 Å². The third-order valence-corrected chi connectivity index (χ3v) is 3.20. The highest BCUT2D eigenvalue weighted by Gasteiger charge is 2.09. The van der Waals surface area contributed by atoms with Gasteiger partial charge in [-0.2, -0.15) is 0 Å². The zero-order valence-electron chi connectivity index (χ0n) is 11.2. The number of rotatable bonds is 4. The van der Waals surface area contributed by atoms with E-state index in [1.807, 2.05) is 13.1 Å². The largest absolute Gasteiger partial charge is 0.324 e. The minimum atomic E-state index is 0.545. The summed E-state index contributed by atoms with van der Waals surface area (Å²) in [5.74, 6) is 1.33. The van der Waals surface area contributed by atoms with Crippen LogP contribution >= 0.6 is 23.2 Å². The number of hydrogen-bond acceptors (Lipinski definition) is 2. The van der Waals surface area contributed by atoms with Gasteiger partial charge in [0, 0.05) is 17.8 Å². The average Bonchev–Trinajstić information content (AvgIpc) is 2.63. The summed E-state index contributed by atoms with van der Waals surface area (Å²) in [5.41, 5.74) is 1.74. The number of aromatic nitrogens is 2. The van der Waals surface area contributed by atoms with Gasteiger partial charge in [-0.25, -0.2) is 4.98 Å². The Bertz CT molecular complexity index is 576. The molecule has 0 bridgehead atoms. The van der Waals surface area contributed by atoms with Crippen molar-refractivity contribution in [2.45, 2.75) is 27.3 Å². The Balaban J connectivity index is 2.29. The molecule has 0 fully saturated rings. The Labute approximate surface area is 123 Å². The molecule has 3 nitrogen and oxygen atoms in total. The fraction of sp³-hybridized carbons (Fsp3) is 0.357. The Morgan fingerprint density at radius 1 is 1.32 bits per heavy atom. The molecule has 0 spiro atoms. The molecule has 0 aliphatic rings. The lowest BCUT2D eigenvalue weighted by atomic mass is 10.2. The third kappa shape index (κ3) is 3.64. The van der Waals surface area contributed by atoms with Crippen molar-refractivity contribution in [2.24, 2.45) is 5.92 Å². The van der Waals surface area contributed by atoms with Crippen molar-refractivity contribution in [3.8, 4) is 0 Å². The van der Waals surface area contributed by atoms with Crippen LogP contribution < -0.4 is 5.32 Å². The summed E-state index contributed by atoms with van der Waals surface area (Å²) >= 11 is 12.1. The number of aryl methyl sites for hydroxylation is 1. The predicted molar refractivity (Wildman–Crippen MR) is 81.5 cm³/mol. The second-order valence-corrected chi connectivity index (χ2v) is 5.84. The molecule has 2 rings (SSSR count). The van der Waals surface area contributed by atoms with Gasteiger partial charge >= 0.3 is 0 Å². The van der Waals surface area contributed by atoms with E-state index in [2.05, 4.69) is 28.7 Å². The van der Waals surface area contributed by atoms with Crippen LogP contribution in [0.4, 0.5) is 11.6 Å². The standard InChI is InChI=1S/C14H17Cl2N3/c1-9(2)7-19-8-10(3)17-14(19)18-13-6-11(15)4-5-12(13)16/h4-6,8-9H,7H2,1-3H3,(H,17,18). The van der Waals surface area contributed by atoms with Crippen LogP contribution in [0.5, 0.6) is 0 Å². The van der Waals surface area contributed by atoms with Crippen LogP contribution in [0.1, 0.15) is 19.5 Å². The molecular weight excluding hydrogens is 281 g/mol. The topological polar surface area (TPSA) is 29.9 Å². The van der Waals surface area contributed by atoms with E-state index in [9.17, 15) is 0 Å². The fourth-order valence-electron chi connectivity index (χ4n) is 1.89. The first-order chi connectivity index (χ1) is 8.95. The highest BCUT2D eigenvalue weighted by Crippen LogP contribution is 2.28. The Kier molecular flexibility index (Phi) is 4.38. The predicted octanol–water partition coefficient (Wildman–Crippen LogP) is 4.90. The fourth-order valence-corrected chi connectivity index (χ4v) is 2.23. The van der Waals surface area contributed by atoms with Crippen molar-refractivity contribution in [1.82, 2.24) is 9.55 Å². The van der Waals surface area contributed by atoms with Crippen LogP contribution in [0, 0.1) is 12.8 Å². The molecule has 0 unspecified atom stereocenters. The van der Waals surface area contributed by atoms with Gasteiger partial charge < -0.3 is 9.88 Å². The molecule has 5 heteroatoms. The van der Waals surface area contributed by atoms with Gasteiger partial charge in [-0.05, 0) is 31.0 Å². The minimum Gasteiger partial charge on any atom is -0.324 e. The summed E-state index contributed by atoms with van der Waals surface area (Å²) < 4.78 is 2.09. The zero-order chi connectivity index (χ0) is 14.0. The first-order valence-electron chi connectivity index (χ1n) is 6.21. The van der Waals surface area contributed by atoms with Crippen molar-refractivity contribution in [3.63, 3.8) is 0 Å². The number of hydrogen-bond donors (Lipinski definition) is 1. The smallest absolute Gasteiger partial charge is 0.207 e. The summed E-state index contributed by atoms with van der Waals surface area (Å²) in [6.45, 7) is 7.22. The Morgan fingerprint density at radius 2 is 2.05 bits per heavy atom. The monoisotopic (exact) mass is 297 g/mol. The molecule has 1 N–H and O–H groups in total. The lowest BCUT2D eigenvalue weighted by molar-refractivity contribution is 0.527. The van der Waals surface area contributed by atoms with Gasteiger partial charge in [0.1, 0.15) is 0 Å². The molecule has 1 aromatic heterocycles. The van der Waals surface area contributed by atoms with Gasteiger partial charge in [-0.15, -0.1) is 0 Å². The van der Waals surface area contributed by atoms with Crippen LogP contribution in [0.2, 0.25) is 10.0 Å². The minimum absolute atomic E-state index is 0.545. The van der Waals surface area contributed by atoms with E-state index in [1.165, 1.54) is 0 Å². The quantitative estimate of drug-likeness (QED) is 0.870. The molecule has 0 amide bonds. The maximum atomic E-state index is 6.15. The van der Waals surface area contributed by atoms with Gasteiger partial charge in [-0.3, -0.25) is 0 Å². The first kappa shape index (κ1) is 14.2. The molecule has 102 valence electrons. The maximum absolute atomic E-state index is 6.15. The van der Waals surface area contributed by atoms with E-state index < -0.39 is 0 Å². The van der Waals surface area contributed by atoms with Gasteiger partial charge in [0.05, 0.1) is 16.4 Å². The zero-order valence-corrected chi connectivity index (χ0v) is 12.8. The highest BCUT2D eigenvalue weighted by atomic mass is 35.5. The molecule has 0 atom stereocenters. The van der Waals surface area contributed by atoms with E-state index in [4.69, 9.17) is 23.2 Å². The third-order valence-electron chi connectivity index (χ3n) is 2.63. The number of anilines is 2. The van der Waals surface area contributed by atoms with Crippen molar-refractivity contribution >= 4 is 34.8 Å². The molecule has 0 radical (unpaired) electrons. The van der Waals surface area contributed by atoms with Gasteiger partial charge in [-0.1, -0.05) is 37.0 Å². The molecule has 0 aliphatic carbocycles. The van der Waals surface area contributed by atoms with E-state index in [0.29, 0.717) is 16.0 Å². The number of imidazole rings is 1. The number of halogens is 2. The summed E-state index contributed by atoms with van der Waals surface area (Å²) in [6, 6.07) is 5.34. The second kappa shape index (κ2) is 5.85. The molecule has 1 heterocycles. The number of nitrogens with one attached hydrogen (secondary N) is 1. The summed E-state index contributed by atoms with van der Waals surface area (Å²) in [5, 5.41) is 4.51. The molecule has 0 saturated carbocycles. The Hall–Kier alpha value is -1.19. The average molecular weight is 298 g/mol. The van der Waals surface area contributed by atoms with Crippen molar-refractivity contribution in [1.29, 1.82) is 0 Å². The molecule has 0 saturated heterocycles. The number of benzene rings is 1. The highest BCUT2D eigenvalue weighted by molar-refractivity contribution is 6.35. The SMILES string of the molecule is Cc1cn(CC(C)C)c(Nc2cc(Cl)ccc2Cl)n1. The van der Waals surface area contributed by atoms with Crippen LogP contribution in [0.25, 0.3) is 0 Å². The summed E-state index contributed by atoms with van der Waals surface area (Å²) in [6.07, 6.45) is 2.03. The van der Waals surface area contributed by atoms with Gasteiger partial charge in [0.2, 0.25) is 5.95 Å². The van der Waals surface area contributed by atoms with E-state index in [1.54, 1.807) is 18.2 Å². The normalized spacial score (nSPS) is 11.1. The van der Waals surface area contributed by atoms with Gasteiger partial charge in [0.25, 0.3) is 0 Å². The van der Waals surface area contributed by atoms with Crippen LogP contribution in [-0.2, 0) is 6.54 Å². The van der Waals surface area contributed by atoms with Crippen molar-refractivity contribution in [3.05, 3.63) is 40.1 Å². The molecule has 1 aromatic carbocycles. The van der Waals surface area contributed by atoms with Crippen molar-refractivity contribution in [2.75, 3.05) is 5.32 Å². The maximum Gasteiger partial charge on any atom is 0.207 e. The summed E-state index contributed by atoms with van der Waals surface area (Å²) in [7, 11) is 0. The second-order valence-electron chi connectivity index (χ2n) is 5.00. The van der Waals surface area contributed by atoms with Crippen LogP contribution in [0.3, 0.4) is 0 Å². The van der Waals surface area contributed by atoms with Crippen molar-refractivity contribution < 1.29 is 0 Å². The van der Waals surface area contributed by atoms with E-state index in [-0.39, 0.29) is 0 Å². The lowest BCUT2D eigenvalue weighted by Crippen LogP contribution is -2.07.